The molecule has 0 radical (unpaired) electrons. The minimum Gasteiger partial charge on any atom is -0.379 e. The van der Waals surface area contributed by atoms with Crippen LogP contribution < -0.4 is 16.0 Å². The van der Waals surface area contributed by atoms with Gasteiger partial charge >= 0.3 is 0 Å². The Morgan fingerprint density at radius 3 is 2.62 bits per heavy atom. The topological polar surface area (TPSA) is 78.0 Å². The van der Waals surface area contributed by atoms with Crippen LogP contribution in [0, 0.1) is 5.92 Å². The van der Waals surface area contributed by atoms with Crippen LogP contribution in [0.2, 0.25) is 0 Å². The third kappa shape index (κ3) is 8.03. The quantitative estimate of drug-likeness (QED) is 0.433. The van der Waals surface area contributed by atoms with Crippen molar-refractivity contribution < 1.29 is 9.53 Å². The van der Waals surface area contributed by atoms with Gasteiger partial charge in [-0.05, 0) is 37.0 Å². The Morgan fingerprint density at radius 1 is 1.21 bits per heavy atom. The van der Waals surface area contributed by atoms with Gasteiger partial charge in [0.25, 0.3) is 5.91 Å². The number of aliphatic imine (C=N–C) groups is 1. The number of hydrogen-bond donors (Lipinski definition) is 3. The molecule has 1 atom stereocenters. The van der Waals surface area contributed by atoms with Crippen LogP contribution in [0.3, 0.4) is 0 Å². The highest BCUT2D eigenvalue weighted by atomic mass is 16.5. The molecule has 29 heavy (non-hydrogen) atoms. The summed E-state index contributed by atoms with van der Waals surface area (Å²) in [5.41, 5.74) is 1.72. The molecule has 1 aliphatic rings. The predicted octanol–water partition coefficient (Wildman–Crippen LogP) is 1.85. The van der Waals surface area contributed by atoms with Crippen molar-refractivity contribution in [2.24, 2.45) is 10.9 Å². The highest BCUT2D eigenvalue weighted by Gasteiger charge is 2.22. The minimum atomic E-state index is -0.0427. The lowest BCUT2D eigenvalue weighted by Gasteiger charge is -2.35. The van der Waals surface area contributed by atoms with Gasteiger partial charge in [-0.15, -0.1) is 0 Å². The molecule has 0 bridgehead atoms. The maximum atomic E-state index is 12.0. The number of nitrogens with one attached hydrogen (secondary N) is 3. The summed E-state index contributed by atoms with van der Waals surface area (Å²) in [6, 6.07) is 8.13. The number of hydrogen-bond acceptors (Lipinski definition) is 4. The maximum absolute atomic E-state index is 12.0. The van der Waals surface area contributed by atoms with E-state index >= 15 is 0 Å². The van der Waals surface area contributed by atoms with Crippen LogP contribution in [0.1, 0.15) is 43.1 Å². The third-order valence-corrected chi connectivity index (χ3v) is 5.02. The van der Waals surface area contributed by atoms with Gasteiger partial charge < -0.3 is 20.7 Å². The van der Waals surface area contributed by atoms with Crippen molar-refractivity contribution in [2.45, 2.75) is 39.8 Å². The molecule has 1 unspecified atom stereocenters. The summed E-state index contributed by atoms with van der Waals surface area (Å²) in [5, 5.41) is 9.67. The first-order valence-corrected chi connectivity index (χ1v) is 10.7. The molecule has 1 amide bonds. The van der Waals surface area contributed by atoms with E-state index in [0.717, 1.165) is 50.8 Å². The largest absolute Gasteiger partial charge is 0.379 e. The summed E-state index contributed by atoms with van der Waals surface area (Å²) >= 11 is 0. The highest BCUT2D eigenvalue weighted by molar-refractivity contribution is 5.94. The molecule has 3 N–H and O–H groups in total. The lowest BCUT2D eigenvalue weighted by Crippen LogP contribution is -2.50. The third-order valence-electron chi connectivity index (χ3n) is 5.02. The molecular formula is C22H37N5O2. The van der Waals surface area contributed by atoms with Gasteiger partial charge in [-0.1, -0.05) is 26.0 Å². The van der Waals surface area contributed by atoms with Gasteiger partial charge in [-0.2, -0.15) is 0 Å². The van der Waals surface area contributed by atoms with E-state index in [1.54, 1.807) is 7.05 Å². The number of guanidine groups is 1. The molecule has 0 saturated carbocycles. The van der Waals surface area contributed by atoms with E-state index in [1.807, 2.05) is 31.2 Å². The Morgan fingerprint density at radius 2 is 1.97 bits per heavy atom. The lowest BCUT2D eigenvalue weighted by atomic mass is 10.0. The van der Waals surface area contributed by atoms with E-state index in [4.69, 9.17) is 4.74 Å². The van der Waals surface area contributed by atoms with Gasteiger partial charge in [-0.3, -0.25) is 14.7 Å². The van der Waals surface area contributed by atoms with Crippen LogP contribution in [-0.4, -0.2) is 69.2 Å². The van der Waals surface area contributed by atoms with Crippen LogP contribution in [0.15, 0.2) is 29.3 Å². The van der Waals surface area contributed by atoms with Gasteiger partial charge in [0.05, 0.1) is 13.2 Å². The highest BCUT2D eigenvalue weighted by Crippen LogP contribution is 2.13. The summed E-state index contributed by atoms with van der Waals surface area (Å²) in [7, 11) is 1.78. The molecule has 2 rings (SSSR count). The SMILES string of the molecule is CCNC(=O)c1cccc(CNC(=NC)NCC(CC(C)C)N2CCOCC2)c1. The first-order chi connectivity index (χ1) is 14.0. The first-order valence-electron chi connectivity index (χ1n) is 10.7. The molecule has 1 aromatic carbocycles. The fourth-order valence-electron chi connectivity index (χ4n) is 3.55. The fourth-order valence-corrected chi connectivity index (χ4v) is 3.55. The van der Waals surface area contributed by atoms with Crippen molar-refractivity contribution in [1.82, 2.24) is 20.9 Å². The Hall–Kier alpha value is -2.12. The molecule has 1 aliphatic heterocycles. The van der Waals surface area contributed by atoms with Gasteiger partial charge in [0.2, 0.25) is 0 Å². The second-order valence-corrected chi connectivity index (χ2v) is 7.80. The van der Waals surface area contributed by atoms with Crippen molar-refractivity contribution in [2.75, 3.05) is 46.4 Å². The molecule has 7 nitrogen and oxygen atoms in total. The molecule has 0 aromatic heterocycles. The van der Waals surface area contributed by atoms with E-state index in [-0.39, 0.29) is 5.91 Å². The second-order valence-electron chi connectivity index (χ2n) is 7.80. The molecule has 0 spiro atoms. The number of morpholine rings is 1. The summed E-state index contributed by atoms with van der Waals surface area (Å²) < 4.78 is 5.50. The summed E-state index contributed by atoms with van der Waals surface area (Å²) in [6.07, 6.45) is 1.14. The Kier molecular flexibility index (Phi) is 9.94. The molecule has 1 fully saturated rings. The van der Waals surface area contributed by atoms with Gasteiger partial charge in [0.1, 0.15) is 0 Å². The predicted molar refractivity (Wildman–Crippen MR) is 118 cm³/mol. The molecule has 0 aliphatic carbocycles. The number of rotatable bonds is 9. The van der Waals surface area contributed by atoms with Gasteiger partial charge in [0.15, 0.2) is 5.96 Å². The zero-order valence-corrected chi connectivity index (χ0v) is 18.3. The molecule has 162 valence electrons. The minimum absolute atomic E-state index is 0.0427. The van der Waals surface area contributed by atoms with E-state index in [0.29, 0.717) is 30.6 Å². The van der Waals surface area contributed by atoms with E-state index in [2.05, 4.69) is 39.7 Å². The maximum Gasteiger partial charge on any atom is 0.251 e. The normalized spacial score (nSPS) is 16.5. The van der Waals surface area contributed by atoms with Crippen LogP contribution in [-0.2, 0) is 11.3 Å². The number of carbonyl (C=O) groups excluding carboxylic acids is 1. The van der Waals surface area contributed by atoms with Crippen LogP contribution in [0.25, 0.3) is 0 Å². The Labute approximate surface area is 175 Å². The average Bonchev–Trinajstić information content (AvgIpc) is 2.73. The Bertz CT molecular complexity index is 656. The molecule has 1 saturated heterocycles. The van der Waals surface area contributed by atoms with Crippen LogP contribution in [0.4, 0.5) is 0 Å². The number of carbonyl (C=O) groups is 1. The van der Waals surface area contributed by atoms with Crippen LogP contribution in [0.5, 0.6) is 0 Å². The molecular weight excluding hydrogens is 366 g/mol. The van der Waals surface area contributed by atoms with E-state index < -0.39 is 0 Å². The first kappa shape index (κ1) is 23.2. The smallest absolute Gasteiger partial charge is 0.251 e. The van der Waals surface area contributed by atoms with Crippen molar-refractivity contribution in [3.63, 3.8) is 0 Å². The summed E-state index contributed by atoms with van der Waals surface area (Å²) in [6.45, 7) is 12.1. The number of ether oxygens (including phenoxy) is 1. The summed E-state index contributed by atoms with van der Waals surface area (Å²) in [4.78, 5) is 18.9. The number of amides is 1. The fraction of sp³-hybridized carbons (Fsp3) is 0.636. The average molecular weight is 404 g/mol. The van der Waals surface area contributed by atoms with Gasteiger partial charge in [0, 0.05) is 51.4 Å². The van der Waals surface area contributed by atoms with Crippen molar-refractivity contribution in [1.29, 1.82) is 0 Å². The van der Waals surface area contributed by atoms with Crippen molar-refractivity contribution >= 4 is 11.9 Å². The van der Waals surface area contributed by atoms with E-state index in [9.17, 15) is 4.79 Å². The van der Waals surface area contributed by atoms with E-state index in [1.165, 1.54) is 0 Å². The van der Waals surface area contributed by atoms with Crippen LogP contribution >= 0.6 is 0 Å². The molecule has 1 heterocycles. The number of benzene rings is 1. The lowest BCUT2D eigenvalue weighted by molar-refractivity contribution is 0.0132. The molecule has 7 heteroatoms. The Balaban J connectivity index is 1.89. The van der Waals surface area contributed by atoms with Crippen molar-refractivity contribution in [3.8, 4) is 0 Å². The monoisotopic (exact) mass is 403 g/mol. The zero-order valence-electron chi connectivity index (χ0n) is 18.3. The summed E-state index contributed by atoms with van der Waals surface area (Å²) in [5.74, 6) is 1.37. The number of nitrogens with zero attached hydrogens (tertiary/aromatic N) is 2. The second kappa shape index (κ2) is 12.4. The molecule has 1 aromatic rings. The standard InChI is InChI=1S/C22H37N5O2/c1-5-24-21(28)19-8-6-7-18(14-19)15-25-22(23-4)26-16-20(13-17(2)3)27-9-11-29-12-10-27/h6-8,14,17,20H,5,9-13,15-16H2,1-4H3,(H,24,28)(H2,23,25,26). The van der Waals surface area contributed by atoms with Gasteiger partial charge in [-0.25, -0.2) is 0 Å². The zero-order chi connectivity index (χ0) is 21.1. The van der Waals surface area contributed by atoms with Crippen molar-refractivity contribution in [3.05, 3.63) is 35.4 Å².